The van der Waals surface area contributed by atoms with Gasteiger partial charge in [-0.05, 0) is 60.1 Å². The average molecular weight is 287 g/mol. The SMILES string of the molecule is Cc1cc(C(C)C)c2c(n1)[C@H](C)[C@H](C)[C@H](C)CC2C(C)C. The fraction of sp³-hybridized carbons (Fsp3) is 0.750. The molecule has 0 radical (unpaired) electrons. The fourth-order valence-electron chi connectivity index (χ4n) is 4.04. The van der Waals surface area contributed by atoms with Gasteiger partial charge in [-0.1, -0.05) is 48.5 Å². The predicted octanol–water partition coefficient (Wildman–Crippen LogP) is 6.03. The lowest BCUT2D eigenvalue weighted by molar-refractivity contribution is 0.297. The summed E-state index contributed by atoms with van der Waals surface area (Å²) in [6.45, 7) is 18.8. The summed E-state index contributed by atoms with van der Waals surface area (Å²) >= 11 is 0. The Morgan fingerprint density at radius 2 is 1.71 bits per heavy atom. The maximum absolute atomic E-state index is 5.02. The van der Waals surface area contributed by atoms with Crippen LogP contribution in [0.1, 0.15) is 95.2 Å². The lowest BCUT2D eigenvalue weighted by Gasteiger charge is -2.27. The van der Waals surface area contributed by atoms with Crippen molar-refractivity contribution in [1.82, 2.24) is 4.98 Å². The van der Waals surface area contributed by atoms with E-state index in [2.05, 4.69) is 61.5 Å². The molecule has 1 aliphatic rings. The summed E-state index contributed by atoms with van der Waals surface area (Å²) in [5.74, 6) is 3.97. The van der Waals surface area contributed by atoms with Crippen molar-refractivity contribution in [2.24, 2.45) is 17.8 Å². The Bertz CT molecular complexity index is 501. The zero-order valence-electron chi connectivity index (χ0n) is 15.2. The molecule has 1 aliphatic carbocycles. The average Bonchev–Trinajstić information content (AvgIpc) is 2.49. The Morgan fingerprint density at radius 1 is 1.10 bits per heavy atom. The molecular weight excluding hydrogens is 254 g/mol. The van der Waals surface area contributed by atoms with Crippen molar-refractivity contribution >= 4 is 0 Å². The number of hydrogen-bond donors (Lipinski definition) is 0. The van der Waals surface area contributed by atoms with Gasteiger partial charge < -0.3 is 0 Å². The van der Waals surface area contributed by atoms with E-state index in [1.54, 1.807) is 11.1 Å². The molecular formula is C20H33N. The Hall–Kier alpha value is -0.850. The number of hydrogen-bond acceptors (Lipinski definition) is 1. The van der Waals surface area contributed by atoms with Crippen molar-refractivity contribution in [3.05, 3.63) is 28.6 Å². The molecule has 0 aliphatic heterocycles. The second kappa shape index (κ2) is 6.10. The molecule has 4 atom stereocenters. The Balaban J connectivity index is 2.71. The lowest BCUT2D eigenvalue weighted by Crippen LogP contribution is -2.15. The van der Waals surface area contributed by atoms with Crippen LogP contribution in [-0.2, 0) is 0 Å². The Labute approximate surface area is 131 Å². The third-order valence-electron chi connectivity index (χ3n) is 5.79. The van der Waals surface area contributed by atoms with Crippen molar-refractivity contribution in [2.45, 2.75) is 79.6 Å². The molecule has 118 valence electrons. The molecule has 0 aromatic carbocycles. The highest BCUT2D eigenvalue weighted by atomic mass is 14.7. The molecule has 1 aromatic rings. The van der Waals surface area contributed by atoms with Gasteiger partial charge in [-0.25, -0.2) is 0 Å². The van der Waals surface area contributed by atoms with E-state index in [9.17, 15) is 0 Å². The van der Waals surface area contributed by atoms with E-state index in [0.29, 0.717) is 29.6 Å². The fourth-order valence-corrected chi connectivity index (χ4v) is 4.04. The largest absolute Gasteiger partial charge is 0.258 e. The molecule has 0 N–H and O–H groups in total. The first-order valence-corrected chi connectivity index (χ1v) is 8.75. The van der Waals surface area contributed by atoms with Gasteiger partial charge in [0.1, 0.15) is 0 Å². The highest BCUT2D eigenvalue weighted by molar-refractivity contribution is 5.41. The van der Waals surface area contributed by atoms with E-state index in [4.69, 9.17) is 4.98 Å². The summed E-state index contributed by atoms with van der Waals surface area (Å²) in [6.07, 6.45) is 1.31. The van der Waals surface area contributed by atoms with Crippen LogP contribution in [0.25, 0.3) is 0 Å². The summed E-state index contributed by atoms with van der Waals surface area (Å²) in [4.78, 5) is 5.02. The number of aromatic nitrogens is 1. The van der Waals surface area contributed by atoms with Gasteiger partial charge >= 0.3 is 0 Å². The smallest absolute Gasteiger partial charge is 0.0475 e. The minimum absolute atomic E-state index is 0.566. The van der Waals surface area contributed by atoms with Crippen LogP contribution >= 0.6 is 0 Å². The van der Waals surface area contributed by atoms with E-state index in [-0.39, 0.29) is 0 Å². The third kappa shape index (κ3) is 3.03. The van der Waals surface area contributed by atoms with Gasteiger partial charge in [0.25, 0.3) is 0 Å². The second-order valence-corrected chi connectivity index (χ2v) is 8.02. The molecule has 0 saturated heterocycles. The molecule has 1 aromatic heterocycles. The van der Waals surface area contributed by atoms with Gasteiger partial charge in [0.2, 0.25) is 0 Å². The molecule has 0 fully saturated rings. The summed E-state index contributed by atoms with van der Waals surface area (Å²) in [5.41, 5.74) is 5.72. The van der Waals surface area contributed by atoms with E-state index < -0.39 is 0 Å². The van der Waals surface area contributed by atoms with Gasteiger partial charge in [0.15, 0.2) is 0 Å². The van der Waals surface area contributed by atoms with E-state index in [0.717, 1.165) is 5.92 Å². The van der Waals surface area contributed by atoms with Gasteiger partial charge in [-0.2, -0.15) is 0 Å². The normalized spacial score (nSPS) is 29.6. The third-order valence-corrected chi connectivity index (χ3v) is 5.79. The minimum Gasteiger partial charge on any atom is -0.258 e. The van der Waals surface area contributed by atoms with Crippen LogP contribution in [0.5, 0.6) is 0 Å². The first-order chi connectivity index (χ1) is 9.73. The molecule has 0 spiro atoms. The molecule has 1 nitrogen and oxygen atoms in total. The quantitative estimate of drug-likeness (QED) is 0.605. The Kier molecular flexibility index (Phi) is 4.80. The van der Waals surface area contributed by atoms with E-state index in [1.165, 1.54) is 17.8 Å². The van der Waals surface area contributed by atoms with Crippen molar-refractivity contribution in [3.63, 3.8) is 0 Å². The van der Waals surface area contributed by atoms with Gasteiger partial charge in [-0.15, -0.1) is 0 Å². The van der Waals surface area contributed by atoms with Crippen molar-refractivity contribution in [1.29, 1.82) is 0 Å². The van der Waals surface area contributed by atoms with Gasteiger partial charge in [0.05, 0.1) is 0 Å². The lowest BCUT2D eigenvalue weighted by atomic mass is 9.78. The second-order valence-electron chi connectivity index (χ2n) is 8.02. The molecule has 1 heteroatoms. The van der Waals surface area contributed by atoms with Crippen LogP contribution in [0.15, 0.2) is 6.07 Å². The van der Waals surface area contributed by atoms with Crippen LogP contribution in [0.3, 0.4) is 0 Å². The van der Waals surface area contributed by atoms with Gasteiger partial charge in [-0.3, -0.25) is 4.98 Å². The van der Waals surface area contributed by atoms with Gasteiger partial charge in [0, 0.05) is 17.3 Å². The number of rotatable bonds is 2. The monoisotopic (exact) mass is 287 g/mol. The van der Waals surface area contributed by atoms with Crippen molar-refractivity contribution in [2.75, 3.05) is 0 Å². The molecule has 2 rings (SSSR count). The summed E-state index contributed by atoms with van der Waals surface area (Å²) < 4.78 is 0. The summed E-state index contributed by atoms with van der Waals surface area (Å²) in [6, 6.07) is 2.34. The molecule has 1 heterocycles. The van der Waals surface area contributed by atoms with Crippen LogP contribution in [0.4, 0.5) is 0 Å². The first-order valence-electron chi connectivity index (χ1n) is 8.75. The van der Waals surface area contributed by atoms with Crippen LogP contribution in [-0.4, -0.2) is 4.98 Å². The van der Waals surface area contributed by atoms with E-state index >= 15 is 0 Å². The van der Waals surface area contributed by atoms with Crippen molar-refractivity contribution < 1.29 is 0 Å². The Morgan fingerprint density at radius 3 is 2.24 bits per heavy atom. The molecule has 1 unspecified atom stereocenters. The highest BCUT2D eigenvalue weighted by Gasteiger charge is 2.35. The maximum atomic E-state index is 5.02. The minimum atomic E-state index is 0.566. The number of nitrogens with zero attached hydrogens (tertiary/aromatic N) is 1. The van der Waals surface area contributed by atoms with E-state index in [1.807, 2.05) is 0 Å². The summed E-state index contributed by atoms with van der Waals surface area (Å²) in [5, 5.41) is 0. The molecule has 21 heavy (non-hydrogen) atoms. The molecule has 0 saturated carbocycles. The first kappa shape index (κ1) is 16.5. The van der Waals surface area contributed by atoms with Crippen LogP contribution in [0, 0.1) is 24.7 Å². The maximum Gasteiger partial charge on any atom is 0.0475 e. The zero-order valence-corrected chi connectivity index (χ0v) is 15.2. The standard InChI is InChI=1S/C20H33N/c1-11(2)17-9-13(5)15(7)16(8)20-19(17)18(12(3)4)10-14(6)21-20/h10-13,15-17H,9H2,1-8H3/t13-,15-,16-,17?/m1/s1. The number of fused-ring (bicyclic) bond motifs is 1. The molecule has 0 amide bonds. The van der Waals surface area contributed by atoms with Crippen LogP contribution < -0.4 is 0 Å². The topological polar surface area (TPSA) is 12.9 Å². The number of aryl methyl sites for hydroxylation is 1. The summed E-state index contributed by atoms with van der Waals surface area (Å²) in [7, 11) is 0. The number of pyridine rings is 1. The highest BCUT2D eigenvalue weighted by Crippen LogP contribution is 2.47. The predicted molar refractivity (Wildman–Crippen MR) is 92.0 cm³/mol. The zero-order chi connectivity index (χ0) is 15.9. The van der Waals surface area contributed by atoms with Crippen molar-refractivity contribution in [3.8, 4) is 0 Å². The molecule has 0 bridgehead atoms. The van der Waals surface area contributed by atoms with Crippen LogP contribution in [0.2, 0.25) is 0 Å².